The van der Waals surface area contributed by atoms with Gasteiger partial charge in [0.15, 0.2) is 0 Å². The third-order valence-corrected chi connectivity index (χ3v) is 2.90. The van der Waals surface area contributed by atoms with E-state index in [9.17, 15) is 9.59 Å². The van der Waals surface area contributed by atoms with Crippen LogP contribution in [-0.4, -0.2) is 35.0 Å². The van der Waals surface area contributed by atoms with Crippen LogP contribution in [0.15, 0.2) is 40.9 Å². The molecule has 0 unspecified atom stereocenters. The number of benzene rings is 1. The van der Waals surface area contributed by atoms with Crippen LogP contribution in [0.4, 0.5) is 5.69 Å². The second kappa shape index (κ2) is 5.24. The van der Waals surface area contributed by atoms with E-state index in [1.165, 1.54) is 6.08 Å². The molecule has 2 amide bonds. The van der Waals surface area contributed by atoms with Crippen molar-refractivity contribution in [3.63, 3.8) is 0 Å². The van der Waals surface area contributed by atoms with Gasteiger partial charge >= 0.3 is 0 Å². The summed E-state index contributed by atoms with van der Waals surface area (Å²) in [7, 11) is 0. The smallest absolute Gasteiger partial charge is 0.277 e. The fourth-order valence-electron chi connectivity index (χ4n) is 1.63. The van der Waals surface area contributed by atoms with Crippen molar-refractivity contribution in [3.8, 4) is 0 Å². The van der Waals surface area contributed by atoms with Crippen LogP contribution >= 0.6 is 12.6 Å². The number of thiol groups is 1. The van der Waals surface area contributed by atoms with E-state index in [1.54, 1.807) is 18.2 Å². The van der Waals surface area contributed by atoms with Crippen LogP contribution in [0.1, 0.15) is 0 Å². The van der Waals surface area contributed by atoms with E-state index in [-0.39, 0.29) is 18.8 Å². The number of carbonyl (C=O) groups is 2. The lowest BCUT2D eigenvalue weighted by atomic mass is 10.3. The Bertz CT molecular complexity index is 528. The highest BCUT2D eigenvalue weighted by Gasteiger charge is 2.30. The van der Waals surface area contributed by atoms with Crippen LogP contribution in [0.3, 0.4) is 0 Å². The van der Waals surface area contributed by atoms with Gasteiger partial charge < -0.3 is 10.4 Å². The van der Waals surface area contributed by atoms with Crippen LogP contribution in [0.5, 0.6) is 0 Å². The van der Waals surface area contributed by atoms with Gasteiger partial charge in [-0.15, -0.1) is 12.6 Å². The first-order valence-corrected chi connectivity index (χ1v) is 5.81. The zero-order chi connectivity index (χ0) is 13.1. The number of nitrogens with zero attached hydrogens (tertiary/aromatic N) is 1. The summed E-state index contributed by atoms with van der Waals surface area (Å²) in [6.45, 7) is -0.246. The monoisotopic (exact) mass is 264 g/mol. The first kappa shape index (κ1) is 12.7. The lowest BCUT2D eigenvalue weighted by Crippen LogP contribution is -2.34. The van der Waals surface area contributed by atoms with E-state index in [0.717, 1.165) is 4.90 Å². The minimum atomic E-state index is -0.439. The average molecular weight is 264 g/mol. The largest absolute Gasteiger partial charge is 0.395 e. The Labute approximate surface area is 110 Å². The molecular weight excluding hydrogens is 252 g/mol. The van der Waals surface area contributed by atoms with Crippen molar-refractivity contribution in [2.75, 3.05) is 18.5 Å². The normalized spacial score (nSPS) is 15.0. The molecule has 0 bridgehead atoms. The lowest BCUT2D eigenvalue weighted by molar-refractivity contribution is -0.137. The maximum Gasteiger partial charge on any atom is 0.277 e. The number of hydrogen-bond donors (Lipinski definition) is 3. The Balaban J connectivity index is 2.17. The van der Waals surface area contributed by atoms with Crippen molar-refractivity contribution in [1.29, 1.82) is 0 Å². The zero-order valence-electron chi connectivity index (χ0n) is 9.46. The molecule has 5 nitrogen and oxygen atoms in total. The molecule has 6 heteroatoms. The highest BCUT2D eigenvalue weighted by molar-refractivity contribution is 7.80. The van der Waals surface area contributed by atoms with E-state index < -0.39 is 11.8 Å². The Kier molecular flexibility index (Phi) is 3.69. The van der Waals surface area contributed by atoms with Gasteiger partial charge in [-0.2, -0.15) is 0 Å². The van der Waals surface area contributed by atoms with Crippen LogP contribution in [0, 0.1) is 0 Å². The summed E-state index contributed by atoms with van der Waals surface area (Å²) < 4.78 is 0. The van der Waals surface area contributed by atoms with Crippen molar-refractivity contribution in [1.82, 2.24) is 4.90 Å². The highest BCUT2D eigenvalue weighted by atomic mass is 32.1. The fourth-order valence-corrected chi connectivity index (χ4v) is 1.85. The van der Waals surface area contributed by atoms with Gasteiger partial charge in [-0.05, 0) is 12.1 Å². The summed E-state index contributed by atoms with van der Waals surface area (Å²) in [6.07, 6.45) is 1.22. The van der Waals surface area contributed by atoms with E-state index in [0.29, 0.717) is 10.6 Å². The predicted molar refractivity (Wildman–Crippen MR) is 69.2 cm³/mol. The van der Waals surface area contributed by atoms with Crippen LogP contribution in [0.25, 0.3) is 0 Å². The predicted octanol–water partition coefficient (Wildman–Crippen LogP) is 0.632. The molecular formula is C12H12N2O3S. The van der Waals surface area contributed by atoms with Crippen molar-refractivity contribution in [3.05, 3.63) is 36.0 Å². The molecule has 0 saturated carbocycles. The van der Waals surface area contributed by atoms with Crippen molar-refractivity contribution >= 4 is 30.1 Å². The summed E-state index contributed by atoms with van der Waals surface area (Å²) in [5, 5.41) is 11.6. The molecule has 0 aromatic heterocycles. The number of nitrogens with one attached hydrogen (secondary N) is 1. The molecule has 1 aliphatic rings. The van der Waals surface area contributed by atoms with Gasteiger partial charge in [-0.25, -0.2) is 0 Å². The number of aliphatic hydroxyl groups excluding tert-OH is 1. The molecule has 18 heavy (non-hydrogen) atoms. The molecule has 0 atom stereocenters. The zero-order valence-corrected chi connectivity index (χ0v) is 10.4. The number of rotatable bonds is 4. The quantitative estimate of drug-likeness (QED) is 0.551. The number of β-amino-alcohol motifs (C(OH)–C–C–N with tert-alkyl or cyclic N) is 1. The molecule has 0 fully saturated rings. The summed E-state index contributed by atoms with van der Waals surface area (Å²) in [5.41, 5.74) is 0.842. The highest BCUT2D eigenvalue weighted by Crippen LogP contribution is 2.22. The summed E-state index contributed by atoms with van der Waals surface area (Å²) in [5.74, 6) is -0.862. The third kappa shape index (κ3) is 2.39. The van der Waals surface area contributed by atoms with Crippen LogP contribution in [0.2, 0.25) is 0 Å². The number of carbonyl (C=O) groups excluding carboxylic acids is 2. The number of imide groups is 1. The topological polar surface area (TPSA) is 69.6 Å². The molecule has 94 valence electrons. The summed E-state index contributed by atoms with van der Waals surface area (Å²) in [6, 6.07) is 7.16. The molecule has 2 rings (SSSR count). The van der Waals surface area contributed by atoms with Crippen molar-refractivity contribution in [2.24, 2.45) is 0 Å². The van der Waals surface area contributed by atoms with Gasteiger partial charge in [-0.3, -0.25) is 14.5 Å². The lowest BCUT2D eigenvalue weighted by Gasteiger charge is -2.13. The van der Waals surface area contributed by atoms with E-state index in [1.807, 2.05) is 6.07 Å². The fraction of sp³-hybridized carbons (Fsp3) is 0.167. The maximum absolute atomic E-state index is 11.9. The molecule has 0 radical (unpaired) electrons. The minimum absolute atomic E-state index is 0.00185. The molecule has 2 N–H and O–H groups in total. The second-order valence-electron chi connectivity index (χ2n) is 3.72. The molecule has 0 saturated heterocycles. The number of aliphatic hydroxyl groups is 1. The summed E-state index contributed by atoms with van der Waals surface area (Å²) in [4.78, 5) is 25.0. The number of hydrogen-bond acceptors (Lipinski definition) is 5. The Hall–Kier alpha value is -1.79. The van der Waals surface area contributed by atoms with Gasteiger partial charge in [0.2, 0.25) is 0 Å². The Morgan fingerprint density at radius 1 is 1.28 bits per heavy atom. The van der Waals surface area contributed by atoms with Crippen LogP contribution in [-0.2, 0) is 9.59 Å². The SMILES string of the molecule is O=C1C=C(Nc2ccccc2S)C(=O)N1CCO. The van der Waals surface area contributed by atoms with Crippen molar-refractivity contribution in [2.45, 2.75) is 4.90 Å². The second-order valence-corrected chi connectivity index (χ2v) is 4.20. The van der Waals surface area contributed by atoms with Crippen LogP contribution < -0.4 is 5.32 Å². The van der Waals surface area contributed by atoms with E-state index in [2.05, 4.69) is 17.9 Å². The number of anilines is 1. The molecule has 1 aliphatic heterocycles. The van der Waals surface area contributed by atoms with Gasteiger partial charge in [-0.1, -0.05) is 12.1 Å². The molecule has 1 aromatic rings. The van der Waals surface area contributed by atoms with Gasteiger partial charge in [0, 0.05) is 11.0 Å². The Morgan fingerprint density at radius 3 is 2.67 bits per heavy atom. The maximum atomic E-state index is 11.9. The average Bonchev–Trinajstić information content (AvgIpc) is 2.60. The van der Waals surface area contributed by atoms with Gasteiger partial charge in [0.25, 0.3) is 11.8 Å². The summed E-state index contributed by atoms with van der Waals surface area (Å²) >= 11 is 4.25. The molecule has 0 spiro atoms. The first-order chi connectivity index (χ1) is 8.63. The number of amides is 2. The Morgan fingerprint density at radius 2 is 2.00 bits per heavy atom. The van der Waals surface area contributed by atoms with E-state index in [4.69, 9.17) is 5.11 Å². The minimum Gasteiger partial charge on any atom is -0.395 e. The van der Waals surface area contributed by atoms with E-state index >= 15 is 0 Å². The first-order valence-electron chi connectivity index (χ1n) is 5.37. The molecule has 0 aliphatic carbocycles. The molecule has 1 aromatic carbocycles. The number of para-hydroxylation sites is 1. The third-order valence-electron chi connectivity index (χ3n) is 2.51. The standard InChI is InChI=1S/C12H12N2O3S/c15-6-5-14-11(16)7-9(12(14)17)13-8-3-1-2-4-10(8)18/h1-4,7,13,15,18H,5-6H2. The molecule has 1 heterocycles. The van der Waals surface area contributed by atoms with Gasteiger partial charge in [0.1, 0.15) is 5.70 Å². The van der Waals surface area contributed by atoms with Crippen molar-refractivity contribution < 1.29 is 14.7 Å². The van der Waals surface area contributed by atoms with Gasteiger partial charge in [0.05, 0.1) is 18.8 Å².